The van der Waals surface area contributed by atoms with Gasteiger partial charge in [-0.2, -0.15) is 0 Å². The van der Waals surface area contributed by atoms with Crippen molar-refractivity contribution in [3.63, 3.8) is 0 Å². The Morgan fingerprint density at radius 2 is 1.71 bits per heavy atom. The molecule has 0 aliphatic heterocycles. The fourth-order valence-corrected chi connectivity index (χ4v) is 2.60. The Morgan fingerprint density at radius 3 is 2.06 bits per heavy atom. The Bertz CT molecular complexity index is 222. The highest BCUT2D eigenvalue weighted by molar-refractivity contribution is 4.93. The number of nitrogens with one attached hydrogen (secondary N) is 1. The summed E-state index contributed by atoms with van der Waals surface area (Å²) < 4.78 is 0. The van der Waals surface area contributed by atoms with Crippen LogP contribution in [0.4, 0.5) is 0 Å². The molecule has 0 saturated carbocycles. The van der Waals surface area contributed by atoms with Crippen LogP contribution in [-0.2, 0) is 0 Å². The molecule has 0 aromatic rings. The molecule has 102 valence electrons. The monoisotopic (exact) mass is 239 g/mol. The lowest BCUT2D eigenvalue weighted by Crippen LogP contribution is -2.47. The van der Waals surface area contributed by atoms with Gasteiger partial charge in [0.05, 0.1) is 0 Å². The van der Waals surface area contributed by atoms with Crippen LogP contribution in [0.1, 0.15) is 61.3 Å². The number of hydrogen-bond acceptors (Lipinski definition) is 1. The van der Waals surface area contributed by atoms with Gasteiger partial charge in [-0.1, -0.05) is 54.5 Å². The third-order valence-corrected chi connectivity index (χ3v) is 4.83. The van der Waals surface area contributed by atoms with Gasteiger partial charge in [-0.3, -0.25) is 0 Å². The van der Waals surface area contributed by atoms with Crippen LogP contribution in [0.5, 0.6) is 0 Å². The summed E-state index contributed by atoms with van der Waals surface area (Å²) in [5, 5.41) is 3.50. The van der Waals surface area contributed by atoms with Crippen molar-refractivity contribution in [2.45, 2.75) is 66.8 Å². The summed E-state index contributed by atoms with van der Waals surface area (Å²) in [5.41, 5.74) is 0.180. The van der Waals surface area contributed by atoms with E-state index in [4.69, 9.17) is 0 Å². The van der Waals surface area contributed by atoms with Crippen molar-refractivity contribution in [3.05, 3.63) is 12.8 Å². The van der Waals surface area contributed by atoms with Crippen LogP contribution in [0.3, 0.4) is 0 Å². The minimum absolute atomic E-state index is 0.180. The molecule has 0 heterocycles. The second-order valence-corrected chi connectivity index (χ2v) is 6.36. The first-order valence-electron chi connectivity index (χ1n) is 7.17. The van der Waals surface area contributed by atoms with Crippen LogP contribution in [0.15, 0.2) is 12.8 Å². The van der Waals surface area contributed by atoms with E-state index in [1.54, 1.807) is 0 Å². The fourth-order valence-electron chi connectivity index (χ4n) is 2.60. The van der Waals surface area contributed by atoms with Crippen molar-refractivity contribution in [3.8, 4) is 0 Å². The maximum absolute atomic E-state index is 3.84. The van der Waals surface area contributed by atoms with Crippen molar-refractivity contribution >= 4 is 0 Å². The highest BCUT2D eigenvalue weighted by atomic mass is 14.9. The van der Waals surface area contributed by atoms with Crippen molar-refractivity contribution in [1.29, 1.82) is 0 Å². The normalized spacial score (nSPS) is 20.5. The first-order chi connectivity index (χ1) is 7.78. The van der Waals surface area contributed by atoms with E-state index in [1.807, 2.05) is 6.20 Å². The molecule has 1 N–H and O–H groups in total. The Labute approximate surface area is 109 Å². The van der Waals surface area contributed by atoms with E-state index in [-0.39, 0.29) is 5.54 Å². The predicted molar refractivity (Wildman–Crippen MR) is 79.0 cm³/mol. The van der Waals surface area contributed by atoms with Crippen LogP contribution in [0, 0.1) is 23.7 Å². The molecule has 4 unspecified atom stereocenters. The molecule has 0 rings (SSSR count). The van der Waals surface area contributed by atoms with E-state index >= 15 is 0 Å². The SMILES string of the molecule is C=CNC(C)(CC(C)C(C)C(C)C)C(C)CC. The molecule has 0 radical (unpaired) electrons. The molecule has 17 heavy (non-hydrogen) atoms. The van der Waals surface area contributed by atoms with E-state index in [2.05, 4.69) is 60.4 Å². The summed E-state index contributed by atoms with van der Waals surface area (Å²) in [7, 11) is 0. The third kappa shape index (κ3) is 4.73. The molecule has 1 nitrogen and oxygen atoms in total. The van der Waals surface area contributed by atoms with Gasteiger partial charge in [-0.05, 0) is 43.2 Å². The smallest absolute Gasteiger partial charge is 0.0368 e. The van der Waals surface area contributed by atoms with Crippen LogP contribution in [0.2, 0.25) is 0 Å². The standard InChI is InChI=1S/C16H33N/c1-9-14(6)16(8,17-10-2)11-13(5)15(7)12(3)4/h10,12-15,17H,2,9,11H2,1,3-8H3. The molecular formula is C16H33N. The van der Waals surface area contributed by atoms with Gasteiger partial charge in [-0.25, -0.2) is 0 Å². The molecule has 0 bridgehead atoms. The quantitative estimate of drug-likeness (QED) is 0.639. The zero-order chi connectivity index (χ0) is 13.6. The Morgan fingerprint density at radius 1 is 1.18 bits per heavy atom. The molecule has 0 fully saturated rings. The summed E-state index contributed by atoms with van der Waals surface area (Å²) in [5.74, 6) is 2.93. The zero-order valence-corrected chi connectivity index (χ0v) is 13.0. The molecule has 0 aliphatic rings. The van der Waals surface area contributed by atoms with Gasteiger partial charge in [0, 0.05) is 5.54 Å². The van der Waals surface area contributed by atoms with Gasteiger partial charge in [0.15, 0.2) is 0 Å². The van der Waals surface area contributed by atoms with Gasteiger partial charge in [-0.15, -0.1) is 0 Å². The van der Waals surface area contributed by atoms with E-state index in [9.17, 15) is 0 Å². The average Bonchev–Trinajstić information content (AvgIpc) is 2.26. The molecule has 0 aromatic heterocycles. The lowest BCUT2D eigenvalue weighted by atomic mass is 9.73. The largest absolute Gasteiger partial charge is 0.386 e. The molecule has 0 aliphatic carbocycles. The lowest BCUT2D eigenvalue weighted by molar-refractivity contribution is 0.170. The molecule has 0 saturated heterocycles. The summed E-state index contributed by atoms with van der Waals surface area (Å²) >= 11 is 0. The maximum atomic E-state index is 3.84. The molecular weight excluding hydrogens is 206 g/mol. The van der Waals surface area contributed by atoms with Crippen molar-refractivity contribution < 1.29 is 0 Å². The first kappa shape index (κ1) is 16.5. The molecule has 0 amide bonds. The van der Waals surface area contributed by atoms with Gasteiger partial charge in [0.25, 0.3) is 0 Å². The highest BCUT2D eigenvalue weighted by Crippen LogP contribution is 2.32. The van der Waals surface area contributed by atoms with Gasteiger partial charge in [0.1, 0.15) is 0 Å². The first-order valence-corrected chi connectivity index (χ1v) is 7.17. The summed E-state index contributed by atoms with van der Waals surface area (Å²) in [6.45, 7) is 20.2. The van der Waals surface area contributed by atoms with Crippen molar-refractivity contribution in [2.24, 2.45) is 23.7 Å². The fraction of sp³-hybridized carbons (Fsp3) is 0.875. The maximum Gasteiger partial charge on any atom is 0.0368 e. The van der Waals surface area contributed by atoms with Gasteiger partial charge >= 0.3 is 0 Å². The second kappa shape index (κ2) is 7.08. The minimum atomic E-state index is 0.180. The van der Waals surface area contributed by atoms with E-state index in [0.717, 1.165) is 17.8 Å². The highest BCUT2D eigenvalue weighted by Gasteiger charge is 2.32. The Kier molecular flexibility index (Phi) is 6.89. The summed E-state index contributed by atoms with van der Waals surface area (Å²) in [6.07, 6.45) is 4.28. The molecule has 4 atom stereocenters. The van der Waals surface area contributed by atoms with Gasteiger partial charge in [0.2, 0.25) is 0 Å². The Hall–Kier alpha value is -0.460. The number of rotatable bonds is 8. The zero-order valence-electron chi connectivity index (χ0n) is 13.0. The van der Waals surface area contributed by atoms with Crippen molar-refractivity contribution in [1.82, 2.24) is 5.32 Å². The second-order valence-electron chi connectivity index (χ2n) is 6.36. The number of hydrogen-bond donors (Lipinski definition) is 1. The van der Waals surface area contributed by atoms with Crippen molar-refractivity contribution in [2.75, 3.05) is 0 Å². The summed E-state index contributed by atoms with van der Waals surface area (Å²) in [6, 6.07) is 0. The van der Waals surface area contributed by atoms with E-state index in [1.165, 1.54) is 12.8 Å². The van der Waals surface area contributed by atoms with Crippen LogP contribution in [-0.4, -0.2) is 5.54 Å². The molecule has 0 spiro atoms. The molecule has 0 aromatic carbocycles. The van der Waals surface area contributed by atoms with Crippen LogP contribution in [0.25, 0.3) is 0 Å². The van der Waals surface area contributed by atoms with Gasteiger partial charge < -0.3 is 5.32 Å². The van der Waals surface area contributed by atoms with E-state index < -0.39 is 0 Å². The lowest BCUT2D eigenvalue weighted by Gasteiger charge is -2.40. The molecule has 1 heteroatoms. The third-order valence-electron chi connectivity index (χ3n) is 4.83. The van der Waals surface area contributed by atoms with Crippen LogP contribution < -0.4 is 5.32 Å². The average molecular weight is 239 g/mol. The van der Waals surface area contributed by atoms with E-state index in [0.29, 0.717) is 5.92 Å². The minimum Gasteiger partial charge on any atom is -0.386 e. The topological polar surface area (TPSA) is 12.0 Å². The Balaban J connectivity index is 4.69. The van der Waals surface area contributed by atoms with Crippen LogP contribution >= 0.6 is 0 Å². The summed E-state index contributed by atoms with van der Waals surface area (Å²) in [4.78, 5) is 0. The predicted octanol–water partition coefficient (Wildman–Crippen LogP) is 4.84.